The van der Waals surface area contributed by atoms with E-state index in [1.165, 1.54) is 6.21 Å². The molecule has 4 rings (SSSR count). The SMILES string of the molecule is CCOC(=O)c1ccc(-c2ccc(/C=N\NC(=O)CNc3ccc4ccccc4c3)o2)cc1. The summed E-state index contributed by atoms with van der Waals surface area (Å²) in [6, 6.07) is 24.5. The highest BCUT2D eigenvalue weighted by Gasteiger charge is 2.08. The number of fused-ring (bicyclic) bond motifs is 1. The molecule has 0 bridgehead atoms. The lowest BCUT2D eigenvalue weighted by molar-refractivity contribution is -0.119. The summed E-state index contributed by atoms with van der Waals surface area (Å²) in [6.45, 7) is 2.19. The van der Waals surface area contributed by atoms with E-state index in [2.05, 4.69) is 15.8 Å². The smallest absolute Gasteiger partial charge is 0.338 e. The van der Waals surface area contributed by atoms with E-state index in [4.69, 9.17) is 9.15 Å². The average molecular weight is 441 g/mol. The van der Waals surface area contributed by atoms with Crippen LogP contribution in [0.2, 0.25) is 0 Å². The lowest BCUT2D eigenvalue weighted by Crippen LogP contribution is -2.25. The number of esters is 1. The Balaban J connectivity index is 1.28. The fraction of sp³-hybridized carbons (Fsp3) is 0.115. The van der Waals surface area contributed by atoms with Gasteiger partial charge in [0.25, 0.3) is 5.91 Å². The number of carbonyl (C=O) groups excluding carboxylic acids is 2. The lowest BCUT2D eigenvalue weighted by atomic mass is 10.1. The van der Waals surface area contributed by atoms with Crippen molar-refractivity contribution in [3.63, 3.8) is 0 Å². The Hall–Kier alpha value is -4.39. The average Bonchev–Trinajstić information content (AvgIpc) is 3.32. The lowest BCUT2D eigenvalue weighted by Gasteiger charge is -2.06. The van der Waals surface area contributed by atoms with Crippen LogP contribution in [0.1, 0.15) is 23.0 Å². The first-order valence-electron chi connectivity index (χ1n) is 10.5. The molecule has 4 aromatic rings. The molecule has 0 aliphatic rings. The summed E-state index contributed by atoms with van der Waals surface area (Å²) in [5, 5.41) is 9.28. The van der Waals surface area contributed by atoms with Crippen molar-refractivity contribution in [1.29, 1.82) is 0 Å². The zero-order chi connectivity index (χ0) is 23.0. The highest BCUT2D eigenvalue weighted by atomic mass is 16.5. The molecule has 7 heteroatoms. The molecule has 2 N–H and O–H groups in total. The van der Waals surface area contributed by atoms with Gasteiger partial charge in [-0.25, -0.2) is 10.2 Å². The second kappa shape index (κ2) is 10.3. The van der Waals surface area contributed by atoms with Gasteiger partial charge in [0.1, 0.15) is 11.5 Å². The topological polar surface area (TPSA) is 92.9 Å². The van der Waals surface area contributed by atoms with E-state index in [0.717, 1.165) is 22.0 Å². The number of hydrogen-bond donors (Lipinski definition) is 2. The van der Waals surface area contributed by atoms with E-state index in [0.29, 0.717) is 23.7 Å². The second-order valence-corrected chi connectivity index (χ2v) is 7.21. The number of benzene rings is 3. The van der Waals surface area contributed by atoms with Gasteiger partial charge in [-0.3, -0.25) is 4.79 Å². The van der Waals surface area contributed by atoms with Gasteiger partial charge >= 0.3 is 5.97 Å². The number of hydrazone groups is 1. The summed E-state index contributed by atoms with van der Waals surface area (Å²) in [6.07, 6.45) is 1.43. The van der Waals surface area contributed by atoms with Crippen LogP contribution >= 0.6 is 0 Å². The van der Waals surface area contributed by atoms with Gasteiger partial charge in [-0.15, -0.1) is 0 Å². The van der Waals surface area contributed by atoms with E-state index < -0.39 is 0 Å². The van der Waals surface area contributed by atoms with Crippen molar-refractivity contribution >= 4 is 34.6 Å². The van der Waals surface area contributed by atoms with Crippen molar-refractivity contribution in [3.8, 4) is 11.3 Å². The van der Waals surface area contributed by atoms with Crippen molar-refractivity contribution in [2.45, 2.75) is 6.92 Å². The van der Waals surface area contributed by atoms with Gasteiger partial charge in [-0.05, 0) is 54.1 Å². The molecule has 0 saturated carbocycles. The predicted molar refractivity (Wildman–Crippen MR) is 128 cm³/mol. The van der Waals surface area contributed by atoms with Gasteiger partial charge in [-0.2, -0.15) is 5.10 Å². The Labute approximate surface area is 191 Å². The molecule has 0 saturated heterocycles. The maximum Gasteiger partial charge on any atom is 0.338 e. The summed E-state index contributed by atoms with van der Waals surface area (Å²) in [5.74, 6) is 0.473. The third-order valence-corrected chi connectivity index (χ3v) is 4.89. The van der Waals surface area contributed by atoms with Crippen molar-refractivity contribution in [2.24, 2.45) is 5.10 Å². The molecule has 166 valence electrons. The summed E-state index contributed by atoms with van der Waals surface area (Å²) in [7, 11) is 0. The van der Waals surface area contributed by atoms with Crippen LogP contribution in [0.25, 0.3) is 22.1 Å². The number of rotatable bonds is 8. The minimum atomic E-state index is -0.359. The standard InChI is InChI=1S/C26H23N3O4/c1-2-32-26(31)20-9-7-19(8-10-20)24-14-13-23(33-24)16-28-29-25(30)17-27-22-12-11-18-5-3-4-6-21(18)15-22/h3-16,27H,2,17H2,1H3,(H,29,30)/b28-16-. The van der Waals surface area contributed by atoms with E-state index in [9.17, 15) is 9.59 Å². The first-order chi connectivity index (χ1) is 16.1. The molecule has 0 unspecified atom stereocenters. The van der Waals surface area contributed by atoms with Crippen LogP contribution in [0.5, 0.6) is 0 Å². The molecule has 33 heavy (non-hydrogen) atoms. The molecule has 0 aliphatic carbocycles. The molecule has 1 amide bonds. The first-order valence-corrected chi connectivity index (χ1v) is 10.5. The van der Waals surface area contributed by atoms with Crippen LogP contribution in [0.4, 0.5) is 5.69 Å². The van der Waals surface area contributed by atoms with Crippen LogP contribution in [0, 0.1) is 0 Å². The van der Waals surface area contributed by atoms with Gasteiger partial charge < -0.3 is 14.5 Å². The number of hydrogen-bond acceptors (Lipinski definition) is 6. The Morgan fingerprint density at radius 2 is 1.76 bits per heavy atom. The quantitative estimate of drug-likeness (QED) is 0.232. The number of anilines is 1. The van der Waals surface area contributed by atoms with Crippen molar-refractivity contribution < 1.29 is 18.7 Å². The van der Waals surface area contributed by atoms with Crippen molar-refractivity contribution in [2.75, 3.05) is 18.5 Å². The zero-order valence-electron chi connectivity index (χ0n) is 18.1. The van der Waals surface area contributed by atoms with Crippen LogP contribution in [-0.4, -0.2) is 31.2 Å². The van der Waals surface area contributed by atoms with Crippen LogP contribution in [0.15, 0.2) is 88.4 Å². The Bertz CT molecular complexity index is 1290. The predicted octanol–water partition coefficient (Wildman–Crippen LogP) is 4.84. The molecular formula is C26H23N3O4. The highest BCUT2D eigenvalue weighted by molar-refractivity contribution is 5.90. The Morgan fingerprint density at radius 1 is 0.970 bits per heavy atom. The first kappa shape index (κ1) is 21.8. The van der Waals surface area contributed by atoms with E-state index in [1.807, 2.05) is 42.5 Å². The highest BCUT2D eigenvalue weighted by Crippen LogP contribution is 2.22. The number of amides is 1. The van der Waals surface area contributed by atoms with Gasteiger partial charge in [-0.1, -0.05) is 42.5 Å². The molecule has 1 aromatic heterocycles. The van der Waals surface area contributed by atoms with Crippen molar-refractivity contribution in [3.05, 3.63) is 90.2 Å². The Kier molecular flexibility index (Phi) is 6.80. The number of nitrogens with one attached hydrogen (secondary N) is 2. The molecule has 0 spiro atoms. The zero-order valence-corrected chi connectivity index (χ0v) is 18.1. The van der Waals surface area contributed by atoms with E-state index >= 15 is 0 Å². The van der Waals surface area contributed by atoms with Crippen LogP contribution < -0.4 is 10.7 Å². The van der Waals surface area contributed by atoms with E-state index in [-0.39, 0.29) is 18.4 Å². The normalized spacial score (nSPS) is 10.9. The number of furan rings is 1. The molecular weight excluding hydrogens is 418 g/mol. The molecule has 0 atom stereocenters. The number of carbonyl (C=O) groups is 2. The fourth-order valence-electron chi connectivity index (χ4n) is 3.25. The summed E-state index contributed by atoms with van der Waals surface area (Å²) < 4.78 is 10.7. The summed E-state index contributed by atoms with van der Waals surface area (Å²) in [4.78, 5) is 23.8. The summed E-state index contributed by atoms with van der Waals surface area (Å²) in [5.41, 5.74) is 4.63. The monoisotopic (exact) mass is 441 g/mol. The Morgan fingerprint density at radius 3 is 2.55 bits per heavy atom. The third kappa shape index (κ3) is 5.65. The molecule has 0 fully saturated rings. The second-order valence-electron chi connectivity index (χ2n) is 7.21. The molecule has 1 heterocycles. The molecule has 0 radical (unpaired) electrons. The van der Waals surface area contributed by atoms with Gasteiger partial charge in [0, 0.05) is 11.3 Å². The van der Waals surface area contributed by atoms with Crippen LogP contribution in [-0.2, 0) is 9.53 Å². The molecule has 3 aromatic carbocycles. The van der Waals surface area contributed by atoms with Crippen molar-refractivity contribution in [1.82, 2.24) is 5.43 Å². The third-order valence-electron chi connectivity index (χ3n) is 4.89. The maximum atomic E-state index is 12.1. The van der Waals surface area contributed by atoms with Gasteiger partial charge in [0.2, 0.25) is 0 Å². The number of ether oxygens (including phenoxy) is 1. The molecule has 7 nitrogen and oxygen atoms in total. The fourth-order valence-corrected chi connectivity index (χ4v) is 3.25. The number of nitrogens with zero attached hydrogens (tertiary/aromatic N) is 1. The van der Waals surface area contributed by atoms with Gasteiger partial charge in [0.15, 0.2) is 0 Å². The minimum absolute atomic E-state index is 0.0892. The largest absolute Gasteiger partial charge is 0.462 e. The minimum Gasteiger partial charge on any atom is -0.462 e. The maximum absolute atomic E-state index is 12.1. The summed E-state index contributed by atoms with van der Waals surface area (Å²) >= 11 is 0. The van der Waals surface area contributed by atoms with Gasteiger partial charge in [0.05, 0.1) is 24.9 Å². The van der Waals surface area contributed by atoms with E-state index in [1.54, 1.807) is 43.3 Å². The molecule has 0 aliphatic heterocycles. The van der Waals surface area contributed by atoms with Crippen LogP contribution in [0.3, 0.4) is 0 Å².